The van der Waals surface area contributed by atoms with E-state index < -0.39 is 0 Å². The number of amides is 3. The Balaban J connectivity index is 1.34. The standard InChI is InChI=1S/C33H37FN4O3/c1-23-7-11-26(12-8-23)33(41)38-18-4-17-37(19-20-38)30-16-15-28(36-31(39)25-5-2-3-6-25)21-29(30)32(40)35-22-24-9-13-27(34)14-10-24/h7-16,21,25H,2-6,17-20,22H2,1H3,(H,35,40)(H,36,39). The molecule has 41 heavy (non-hydrogen) atoms. The largest absolute Gasteiger partial charge is 0.369 e. The second-order valence-corrected chi connectivity index (χ2v) is 11.0. The first-order chi connectivity index (χ1) is 19.9. The monoisotopic (exact) mass is 556 g/mol. The first-order valence-electron chi connectivity index (χ1n) is 14.5. The summed E-state index contributed by atoms with van der Waals surface area (Å²) in [6, 6.07) is 19.1. The number of carbonyl (C=O) groups excluding carboxylic acids is 3. The van der Waals surface area contributed by atoms with Gasteiger partial charge in [0.2, 0.25) is 5.91 Å². The number of aryl methyl sites for hydroxylation is 1. The van der Waals surface area contributed by atoms with Crippen LogP contribution in [0.15, 0.2) is 66.7 Å². The van der Waals surface area contributed by atoms with Crippen LogP contribution in [0.4, 0.5) is 15.8 Å². The van der Waals surface area contributed by atoms with Crippen LogP contribution in [0.2, 0.25) is 0 Å². The lowest BCUT2D eigenvalue weighted by Gasteiger charge is -2.26. The minimum Gasteiger partial charge on any atom is -0.369 e. The molecule has 0 atom stereocenters. The molecule has 1 aliphatic heterocycles. The van der Waals surface area contributed by atoms with Gasteiger partial charge in [-0.3, -0.25) is 14.4 Å². The minimum absolute atomic E-state index is 0.00653. The maximum absolute atomic E-state index is 13.5. The molecule has 1 saturated heterocycles. The summed E-state index contributed by atoms with van der Waals surface area (Å²) in [7, 11) is 0. The Morgan fingerprint density at radius 1 is 0.854 bits per heavy atom. The van der Waals surface area contributed by atoms with Crippen LogP contribution >= 0.6 is 0 Å². The molecule has 0 unspecified atom stereocenters. The van der Waals surface area contributed by atoms with Gasteiger partial charge in [-0.2, -0.15) is 0 Å². The lowest BCUT2D eigenvalue weighted by Crippen LogP contribution is -2.36. The zero-order valence-electron chi connectivity index (χ0n) is 23.5. The van der Waals surface area contributed by atoms with Crippen molar-refractivity contribution < 1.29 is 18.8 Å². The predicted octanol–water partition coefficient (Wildman–Crippen LogP) is 5.55. The number of nitrogens with zero attached hydrogens (tertiary/aromatic N) is 2. The number of halogens is 1. The van der Waals surface area contributed by atoms with E-state index in [1.165, 1.54) is 12.1 Å². The fourth-order valence-electron chi connectivity index (χ4n) is 5.62. The van der Waals surface area contributed by atoms with Crippen molar-refractivity contribution in [2.45, 2.75) is 45.6 Å². The Kier molecular flexibility index (Phi) is 8.97. The van der Waals surface area contributed by atoms with Crippen molar-refractivity contribution in [2.24, 2.45) is 5.92 Å². The summed E-state index contributed by atoms with van der Waals surface area (Å²) in [5, 5.41) is 5.97. The van der Waals surface area contributed by atoms with Gasteiger partial charge in [-0.25, -0.2) is 4.39 Å². The van der Waals surface area contributed by atoms with Gasteiger partial charge in [0.05, 0.1) is 5.56 Å². The maximum Gasteiger partial charge on any atom is 0.253 e. The summed E-state index contributed by atoms with van der Waals surface area (Å²) < 4.78 is 13.3. The van der Waals surface area contributed by atoms with Crippen LogP contribution in [0.1, 0.15) is 63.9 Å². The molecule has 0 aromatic heterocycles. The average Bonchev–Trinajstić information content (AvgIpc) is 3.42. The Labute approximate surface area is 240 Å². The van der Waals surface area contributed by atoms with Gasteiger partial charge in [0.25, 0.3) is 11.8 Å². The van der Waals surface area contributed by atoms with Crippen LogP contribution in [0.3, 0.4) is 0 Å². The van der Waals surface area contributed by atoms with Crippen molar-refractivity contribution in [1.29, 1.82) is 0 Å². The molecular weight excluding hydrogens is 519 g/mol. The molecule has 7 nitrogen and oxygen atoms in total. The lowest BCUT2D eigenvalue weighted by atomic mass is 10.1. The molecule has 0 radical (unpaired) electrons. The molecule has 2 aliphatic rings. The van der Waals surface area contributed by atoms with Crippen LogP contribution < -0.4 is 15.5 Å². The molecule has 1 aliphatic carbocycles. The number of hydrogen-bond acceptors (Lipinski definition) is 4. The molecule has 3 aromatic carbocycles. The third kappa shape index (κ3) is 7.12. The number of carbonyl (C=O) groups is 3. The molecule has 8 heteroatoms. The molecule has 5 rings (SSSR count). The maximum atomic E-state index is 13.5. The third-order valence-electron chi connectivity index (χ3n) is 8.02. The van der Waals surface area contributed by atoms with E-state index in [1.807, 2.05) is 48.2 Å². The summed E-state index contributed by atoms with van der Waals surface area (Å²) in [6.45, 7) is 4.66. The molecule has 3 aromatic rings. The second kappa shape index (κ2) is 13.0. The quantitative estimate of drug-likeness (QED) is 0.400. The summed E-state index contributed by atoms with van der Waals surface area (Å²) in [5.74, 6) is -0.600. The van der Waals surface area contributed by atoms with Gasteiger partial charge < -0.3 is 20.4 Å². The van der Waals surface area contributed by atoms with Crippen LogP contribution in [0.5, 0.6) is 0 Å². The van der Waals surface area contributed by atoms with E-state index in [2.05, 4.69) is 15.5 Å². The topological polar surface area (TPSA) is 81.8 Å². The van der Waals surface area contributed by atoms with Crippen LogP contribution in [-0.2, 0) is 11.3 Å². The van der Waals surface area contributed by atoms with E-state index in [0.717, 1.165) is 48.9 Å². The Morgan fingerprint density at radius 3 is 2.32 bits per heavy atom. The van der Waals surface area contributed by atoms with Crippen molar-refractivity contribution in [3.05, 3.63) is 94.8 Å². The molecule has 3 amide bonds. The smallest absolute Gasteiger partial charge is 0.253 e. The SMILES string of the molecule is Cc1ccc(C(=O)N2CCCN(c3ccc(NC(=O)C4CCCC4)cc3C(=O)NCc3ccc(F)cc3)CC2)cc1. The first kappa shape index (κ1) is 28.3. The number of nitrogens with one attached hydrogen (secondary N) is 2. The Hall–Kier alpha value is -4.20. The van der Waals surface area contributed by atoms with Gasteiger partial charge in [0, 0.05) is 55.6 Å². The summed E-state index contributed by atoms with van der Waals surface area (Å²) in [6.07, 6.45) is 4.66. The molecule has 1 heterocycles. The first-order valence-corrected chi connectivity index (χ1v) is 14.5. The van der Waals surface area contributed by atoms with Gasteiger partial charge in [0.15, 0.2) is 0 Å². The zero-order valence-corrected chi connectivity index (χ0v) is 23.5. The van der Waals surface area contributed by atoms with Gasteiger partial charge in [-0.15, -0.1) is 0 Å². The van der Waals surface area contributed by atoms with Crippen molar-refractivity contribution in [3.63, 3.8) is 0 Å². The van der Waals surface area contributed by atoms with Crippen LogP contribution in [0, 0.1) is 18.7 Å². The highest BCUT2D eigenvalue weighted by atomic mass is 19.1. The Morgan fingerprint density at radius 2 is 1.59 bits per heavy atom. The van der Waals surface area contributed by atoms with Gasteiger partial charge in [-0.1, -0.05) is 42.7 Å². The van der Waals surface area contributed by atoms with Crippen LogP contribution in [0.25, 0.3) is 0 Å². The zero-order chi connectivity index (χ0) is 28.8. The molecule has 2 fully saturated rings. The summed E-state index contributed by atoms with van der Waals surface area (Å²) in [5.41, 5.74) is 4.36. The van der Waals surface area contributed by atoms with E-state index in [0.29, 0.717) is 43.0 Å². The lowest BCUT2D eigenvalue weighted by molar-refractivity contribution is -0.119. The van der Waals surface area contributed by atoms with Crippen LogP contribution in [-0.4, -0.2) is 48.8 Å². The van der Waals surface area contributed by atoms with Crippen molar-refractivity contribution in [3.8, 4) is 0 Å². The molecule has 2 N–H and O–H groups in total. The summed E-state index contributed by atoms with van der Waals surface area (Å²) in [4.78, 5) is 43.5. The fraction of sp³-hybridized carbons (Fsp3) is 0.364. The van der Waals surface area contributed by atoms with E-state index in [9.17, 15) is 18.8 Å². The second-order valence-electron chi connectivity index (χ2n) is 11.0. The Bertz CT molecular complexity index is 1380. The highest BCUT2D eigenvalue weighted by molar-refractivity contribution is 6.02. The number of benzene rings is 3. The third-order valence-corrected chi connectivity index (χ3v) is 8.02. The highest BCUT2D eigenvalue weighted by Crippen LogP contribution is 2.29. The fourth-order valence-corrected chi connectivity index (χ4v) is 5.62. The van der Waals surface area contributed by atoms with Crippen molar-refractivity contribution >= 4 is 29.1 Å². The molecule has 1 saturated carbocycles. The van der Waals surface area contributed by atoms with Gasteiger partial charge in [-0.05, 0) is 74.2 Å². The van der Waals surface area contributed by atoms with E-state index in [4.69, 9.17) is 0 Å². The normalized spacial score (nSPS) is 15.9. The molecule has 0 spiro atoms. The number of rotatable bonds is 7. The van der Waals surface area contributed by atoms with Crippen molar-refractivity contribution in [2.75, 3.05) is 36.4 Å². The summed E-state index contributed by atoms with van der Waals surface area (Å²) >= 11 is 0. The van der Waals surface area contributed by atoms with E-state index in [1.54, 1.807) is 18.2 Å². The molecule has 0 bridgehead atoms. The van der Waals surface area contributed by atoms with Gasteiger partial charge in [0.1, 0.15) is 5.82 Å². The molecular formula is C33H37FN4O3. The molecule has 214 valence electrons. The predicted molar refractivity (Wildman–Crippen MR) is 159 cm³/mol. The minimum atomic E-state index is -0.330. The van der Waals surface area contributed by atoms with E-state index in [-0.39, 0.29) is 36.0 Å². The average molecular weight is 557 g/mol. The van der Waals surface area contributed by atoms with E-state index >= 15 is 0 Å². The van der Waals surface area contributed by atoms with Crippen molar-refractivity contribution in [1.82, 2.24) is 10.2 Å². The number of hydrogen-bond donors (Lipinski definition) is 2. The highest BCUT2D eigenvalue weighted by Gasteiger charge is 2.25. The van der Waals surface area contributed by atoms with Gasteiger partial charge >= 0.3 is 0 Å². The number of anilines is 2.